The van der Waals surface area contributed by atoms with Crippen molar-refractivity contribution in [1.82, 2.24) is 4.57 Å². The number of hydrogen-bond acceptors (Lipinski definition) is 0. The van der Waals surface area contributed by atoms with Crippen molar-refractivity contribution in [3.8, 4) is 16.8 Å². The van der Waals surface area contributed by atoms with Gasteiger partial charge in [-0.2, -0.15) is 0 Å². The van der Waals surface area contributed by atoms with E-state index in [1.807, 2.05) is 0 Å². The van der Waals surface area contributed by atoms with Gasteiger partial charge in [0.2, 0.25) is 0 Å². The molecule has 1 heterocycles. The van der Waals surface area contributed by atoms with Gasteiger partial charge in [0.25, 0.3) is 0 Å². The van der Waals surface area contributed by atoms with E-state index in [-0.39, 0.29) is 22.7 Å². The summed E-state index contributed by atoms with van der Waals surface area (Å²) in [5.74, 6) is 0.105. The molecule has 0 radical (unpaired) electrons. The molecule has 0 N–H and O–H groups in total. The zero-order valence-corrected chi connectivity index (χ0v) is 39.8. The van der Waals surface area contributed by atoms with E-state index in [1.165, 1.54) is 104 Å². The minimum atomic E-state index is -3.05. The number of rotatable bonds is 6. The predicted octanol–water partition coefficient (Wildman–Crippen LogP) is 13.4. The fourth-order valence-corrected chi connectivity index (χ4v) is 17.0. The zero-order chi connectivity index (χ0) is 45.0. The van der Waals surface area contributed by atoms with Gasteiger partial charge in [-0.05, 0) is 118 Å². The highest BCUT2D eigenvalue weighted by molar-refractivity contribution is 7.20. The van der Waals surface area contributed by atoms with Gasteiger partial charge >= 0.3 is 0 Å². The Morgan fingerprint density at radius 1 is 0.364 bits per heavy atom. The molecule has 13 rings (SSSR count). The quantitative estimate of drug-likeness (QED) is 0.116. The molecule has 9 aromatic carbocycles. The van der Waals surface area contributed by atoms with Crippen LogP contribution in [-0.2, 0) is 10.8 Å². The van der Waals surface area contributed by atoms with Crippen LogP contribution in [0.3, 0.4) is 0 Å². The summed E-state index contributed by atoms with van der Waals surface area (Å²) < 4.78 is 2.62. The molecule has 3 aliphatic rings. The van der Waals surface area contributed by atoms with Crippen LogP contribution in [0.25, 0.3) is 38.6 Å². The van der Waals surface area contributed by atoms with Crippen LogP contribution in [0.4, 0.5) is 0 Å². The van der Waals surface area contributed by atoms with Crippen molar-refractivity contribution in [1.29, 1.82) is 0 Å². The molecule has 10 aromatic rings. The minimum absolute atomic E-state index is 0.00963. The van der Waals surface area contributed by atoms with Gasteiger partial charge in [-0.25, -0.2) is 0 Å². The second-order valence-corrected chi connectivity index (χ2v) is 24.6. The van der Waals surface area contributed by atoms with Crippen molar-refractivity contribution in [3.63, 3.8) is 0 Å². The van der Waals surface area contributed by atoms with E-state index in [0.717, 1.165) is 0 Å². The maximum Gasteiger partial charge on any atom is 0.179 e. The van der Waals surface area contributed by atoms with E-state index in [1.54, 1.807) is 0 Å². The lowest BCUT2D eigenvalue weighted by Crippen LogP contribution is -2.75. The molecule has 0 amide bonds. The third-order valence-electron chi connectivity index (χ3n) is 15.0. The summed E-state index contributed by atoms with van der Waals surface area (Å²) in [5.41, 5.74) is 17.7. The van der Waals surface area contributed by atoms with Crippen molar-refractivity contribution < 1.29 is 0 Å². The lowest BCUT2D eigenvalue weighted by molar-refractivity contribution is 0.590. The van der Waals surface area contributed by atoms with Gasteiger partial charge in [-0.15, -0.1) is 0 Å². The third kappa shape index (κ3) is 6.04. The van der Waals surface area contributed by atoms with Gasteiger partial charge < -0.3 is 4.57 Å². The molecule has 2 atom stereocenters. The second-order valence-electron chi connectivity index (χ2n) is 20.8. The average molecular weight is 866 g/mol. The van der Waals surface area contributed by atoms with Crippen LogP contribution in [-0.4, -0.2) is 12.6 Å². The molecule has 2 unspecified atom stereocenters. The Labute approximate surface area is 391 Å². The number of fused-ring (bicyclic) bond motifs is 3. The minimum Gasteiger partial charge on any atom is -0.309 e. The molecule has 2 heteroatoms. The molecule has 66 heavy (non-hydrogen) atoms. The van der Waals surface area contributed by atoms with E-state index in [9.17, 15) is 0 Å². The summed E-state index contributed by atoms with van der Waals surface area (Å²) in [6.07, 6.45) is 0. The molecule has 0 saturated carbocycles. The van der Waals surface area contributed by atoms with Gasteiger partial charge in [-0.1, -0.05) is 224 Å². The number of aromatic nitrogens is 1. The maximum absolute atomic E-state index is 3.05. The van der Waals surface area contributed by atoms with E-state index in [4.69, 9.17) is 0 Å². The standard InChI is InChI=1S/C64H55NSi/c1-63(2,3)44-35-37-55-53(40-44)54-41-45(64(4,5)6)36-38-56(54)65(55)57-33-19-31-51-59-49-29-16-17-30-50(49)62(60(51)57)61-52(59)32-20-34-58(61)66(46-24-12-8-13-25-46,47-26-14-9-15-27-47)48-28-18-23-43(39-48)42-21-10-7-11-22-42/h7-41,59,62H,1-6H3. The van der Waals surface area contributed by atoms with Gasteiger partial charge in [0.05, 0.1) is 16.7 Å². The van der Waals surface area contributed by atoms with E-state index >= 15 is 0 Å². The highest BCUT2D eigenvalue weighted by atomic mass is 28.3. The number of hydrogen-bond donors (Lipinski definition) is 0. The van der Waals surface area contributed by atoms with Gasteiger partial charge in [-0.3, -0.25) is 0 Å². The fourth-order valence-electron chi connectivity index (χ4n) is 11.9. The molecular formula is C64H55NSi. The molecule has 3 aliphatic carbocycles. The highest BCUT2D eigenvalue weighted by Crippen LogP contribution is 2.57. The smallest absolute Gasteiger partial charge is 0.179 e. The maximum atomic E-state index is 2.62. The Kier molecular flexibility index (Phi) is 9.22. The van der Waals surface area contributed by atoms with Gasteiger partial charge in [0, 0.05) is 22.6 Å². The average Bonchev–Trinajstić information content (AvgIpc) is 3.67. The summed E-state index contributed by atoms with van der Waals surface area (Å²) >= 11 is 0. The van der Waals surface area contributed by atoms with Crippen molar-refractivity contribution >= 4 is 50.6 Å². The van der Waals surface area contributed by atoms with Crippen molar-refractivity contribution in [2.24, 2.45) is 0 Å². The van der Waals surface area contributed by atoms with Crippen LogP contribution in [0, 0.1) is 0 Å². The molecule has 2 bridgehead atoms. The van der Waals surface area contributed by atoms with Crippen LogP contribution in [0.2, 0.25) is 0 Å². The summed E-state index contributed by atoms with van der Waals surface area (Å²) in [5, 5.41) is 8.29. The van der Waals surface area contributed by atoms with Crippen LogP contribution >= 0.6 is 0 Å². The first-order chi connectivity index (χ1) is 32.0. The second kappa shape index (κ2) is 15.0. The normalized spacial score (nSPS) is 15.4. The van der Waals surface area contributed by atoms with E-state index < -0.39 is 8.07 Å². The summed E-state index contributed by atoms with van der Waals surface area (Å²) in [4.78, 5) is 0. The SMILES string of the molecule is CC(C)(C)c1ccc2c(c1)c1cc(C(C)(C)C)ccc1n2-c1cccc2c1C1c3ccccc3C2c2cccc([Si](c3ccccc3)(c3ccccc3)c3cccc(-c4ccccc4)c3)c21. The fraction of sp³-hybridized carbons (Fsp3) is 0.156. The van der Waals surface area contributed by atoms with E-state index in [0.29, 0.717) is 0 Å². The Hall–Kier alpha value is -7.00. The van der Waals surface area contributed by atoms with E-state index in [2.05, 4.69) is 258 Å². The Morgan fingerprint density at radius 3 is 1.39 bits per heavy atom. The molecule has 0 saturated heterocycles. The number of benzene rings is 9. The molecule has 0 spiro atoms. The first kappa shape index (κ1) is 40.5. The molecular weight excluding hydrogens is 811 g/mol. The predicted molar refractivity (Wildman–Crippen MR) is 282 cm³/mol. The summed E-state index contributed by atoms with van der Waals surface area (Å²) in [6.45, 7) is 14.0. The molecule has 320 valence electrons. The summed E-state index contributed by atoms with van der Waals surface area (Å²) in [6, 6.07) is 81.9. The molecule has 0 fully saturated rings. The first-order valence-electron chi connectivity index (χ1n) is 23.7. The monoisotopic (exact) mass is 865 g/mol. The first-order valence-corrected chi connectivity index (χ1v) is 25.7. The van der Waals surface area contributed by atoms with Gasteiger partial charge in [0.15, 0.2) is 8.07 Å². The van der Waals surface area contributed by atoms with Crippen molar-refractivity contribution in [2.45, 2.75) is 64.2 Å². The summed E-state index contributed by atoms with van der Waals surface area (Å²) in [7, 11) is -3.05. The van der Waals surface area contributed by atoms with Crippen LogP contribution in [0.1, 0.15) is 97.9 Å². The molecule has 1 aromatic heterocycles. The van der Waals surface area contributed by atoms with Gasteiger partial charge in [0.1, 0.15) is 0 Å². The molecule has 0 aliphatic heterocycles. The lowest BCUT2D eigenvalue weighted by atomic mass is 9.60. The van der Waals surface area contributed by atoms with Crippen molar-refractivity contribution in [2.75, 3.05) is 0 Å². The van der Waals surface area contributed by atoms with Crippen LogP contribution in [0.15, 0.2) is 212 Å². The van der Waals surface area contributed by atoms with Crippen LogP contribution in [0.5, 0.6) is 0 Å². The lowest BCUT2D eigenvalue weighted by Gasteiger charge is -2.47. The molecule has 1 nitrogen and oxygen atoms in total. The Balaban J connectivity index is 1.19. The van der Waals surface area contributed by atoms with Crippen molar-refractivity contribution in [3.05, 3.63) is 257 Å². The largest absolute Gasteiger partial charge is 0.309 e. The highest BCUT2D eigenvalue weighted by Gasteiger charge is 2.50. The zero-order valence-electron chi connectivity index (χ0n) is 38.8. The Bertz CT molecular complexity index is 3380. The number of nitrogens with zero attached hydrogens (tertiary/aromatic N) is 1. The Morgan fingerprint density at radius 2 is 0.818 bits per heavy atom. The van der Waals surface area contributed by atoms with Crippen LogP contribution < -0.4 is 20.7 Å². The third-order valence-corrected chi connectivity index (χ3v) is 19.9. The topological polar surface area (TPSA) is 4.93 Å².